The van der Waals surface area contributed by atoms with Crippen molar-refractivity contribution in [1.29, 1.82) is 0 Å². The molecule has 4 rings (SSSR count). The van der Waals surface area contributed by atoms with E-state index in [0.717, 1.165) is 26.9 Å². The lowest BCUT2D eigenvalue weighted by Crippen LogP contribution is -2.48. The van der Waals surface area contributed by atoms with Gasteiger partial charge in [-0.05, 0) is 48.6 Å². The number of carbonyl (C=O) groups excluding carboxylic acids is 1. The number of aromatic nitrogens is 1. The number of para-hydroxylation sites is 1. The summed E-state index contributed by atoms with van der Waals surface area (Å²) < 4.78 is 27.6. The largest absolute Gasteiger partial charge is 0.345 e. The Kier molecular flexibility index (Phi) is 6.30. The maximum absolute atomic E-state index is 13.9. The van der Waals surface area contributed by atoms with Gasteiger partial charge in [-0.3, -0.25) is 4.79 Å². The van der Waals surface area contributed by atoms with Crippen LogP contribution in [-0.4, -0.2) is 47.7 Å². The van der Waals surface area contributed by atoms with Gasteiger partial charge in [-0.15, -0.1) is 11.8 Å². The topological polar surface area (TPSA) is 36.4 Å². The molecule has 0 spiro atoms. The number of fused-ring (bicyclic) bond motifs is 1. The van der Waals surface area contributed by atoms with E-state index in [4.69, 9.17) is 0 Å². The Morgan fingerprint density at radius 3 is 2.55 bits per heavy atom. The van der Waals surface area contributed by atoms with Crippen molar-refractivity contribution in [1.82, 2.24) is 9.88 Å². The van der Waals surface area contributed by atoms with Crippen LogP contribution in [-0.2, 0) is 4.79 Å². The maximum atomic E-state index is 13.9. The number of rotatable bonds is 6. The Labute approximate surface area is 176 Å². The van der Waals surface area contributed by atoms with Gasteiger partial charge >= 0.3 is 0 Å². The molecule has 1 aromatic heterocycles. The van der Waals surface area contributed by atoms with Gasteiger partial charge in [0, 0.05) is 37.5 Å². The molecule has 29 heavy (non-hydrogen) atoms. The number of thioether (sulfide) groups is 1. The second-order valence-electron chi connectivity index (χ2n) is 6.86. The molecule has 1 aliphatic rings. The molecule has 1 aliphatic heterocycles. The van der Waals surface area contributed by atoms with Crippen molar-refractivity contribution in [3.63, 3.8) is 0 Å². The first-order chi connectivity index (χ1) is 14.1. The van der Waals surface area contributed by atoms with Crippen molar-refractivity contribution in [2.45, 2.75) is 17.7 Å². The van der Waals surface area contributed by atoms with Crippen LogP contribution in [0, 0.1) is 11.6 Å². The second kappa shape index (κ2) is 9.09. The molecule has 0 N–H and O–H groups in total. The fraction of sp³-hybridized carbons (Fsp3) is 0.333. The van der Waals surface area contributed by atoms with Crippen molar-refractivity contribution in [2.75, 3.05) is 36.8 Å². The lowest BCUT2D eigenvalue weighted by Gasteiger charge is -2.34. The molecule has 4 nitrogen and oxygen atoms in total. The Morgan fingerprint density at radius 1 is 1.07 bits per heavy atom. The highest BCUT2D eigenvalue weighted by Crippen LogP contribution is 2.30. The number of nitrogens with zero attached hydrogens (tertiary/aromatic N) is 3. The molecule has 152 valence electrons. The van der Waals surface area contributed by atoms with E-state index < -0.39 is 0 Å². The average molecular weight is 434 g/mol. The summed E-state index contributed by atoms with van der Waals surface area (Å²) >= 11 is 3.12. The number of benzene rings is 2. The second-order valence-corrected chi connectivity index (χ2v) is 9.03. The van der Waals surface area contributed by atoms with E-state index in [2.05, 4.69) is 9.88 Å². The number of hydrogen-bond donors (Lipinski definition) is 0. The van der Waals surface area contributed by atoms with Gasteiger partial charge in [-0.2, -0.15) is 0 Å². The molecule has 2 aromatic carbocycles. The molecule has 0 saturated carbocycles. The van der Waals surface area contributed by atoms with Crippen LogP contribution in [0.15, 0.2) is 47.4 Å². The van der Waals surface area contributed by atoms with Crippen LogP contribution in [0.5, 0.6) is 0 Å². The van der Waals surface area contributed by atoms with Crippen molar-refractivity contribution >= 4 is 44.4 Å². The Morgan fingerprint density at radius 2 is 1.83 bits per heavy atom. The molecule has 8 heteroatoms. The average Bonchev–Trinajstić information content (AvgIpc) is 3.18. The summed E-state index contributed by atoms with van der Waals surface area (Å²) in [5.74, 6) is 0.464. The molecular weight excluding hydrogens is 412 g/mol. The van der Waals surface area contributed by atoms with Crippen LogP contribution in [0.2, 0.25) is 0 Å². The monoisotopic (exact) mass is 433 g/mol. The van der Waals surface area contributed by atoms with Crippen molar-refractivity contribution in [2.24, 2.45) is 0 Å². The number of hydrogen-bond acceptors (Lipinski definition) is 5. The van der Waals surface area contributed by atoms with Crippen molar-refractivity contribution in [3.05, 3.63) is 54.1 Å². The molecule has 0 radical (unpaired) electrons. The summed E-state index contributed by atoms with van der Waals surface area (Å²) in [5.41, 5.74) is 0.421. The third-order valence-corrected chi connectivity index (χ3v) is 7.06. The SMILES string of the molecule is O=C(CCCSc1ccc(F)cc1)N1CCN(c2nc3c(F)cccc3s2)CC1. The molecule has 1 amide bonds. The molecule has 0 unspecified atom stereocenters. The van der Waals surface area contributed by atoms with Crippen molar-refractivity contribution < 1.29 is 13.6 Å². The maximum Gasteiger partial charge on any atom is 0.222 e. The molecule has 0 aliphatic carbocycles. The number of piperazine rings is 1. The van der Waals surface area contributed by atoms with Crippen LogP contribution < -0.4 is 4.90 Å². The summed E-state index contributed by atoms with van der Waals surface area (Å²) in [6, 6.07) is 11.4. The van der Waals surface area contributed by atoms with E-state index in [-0.39, 0.29) is 17.5 Å². The van der Waals surface area contributed by atoms with Crippen LogP contribution in [0.4, 0.5) is 13.9 Å². The number of amides is 1. The summed E-state index contributed by atoms with van der Waals surface area (Å²) in [6.07, 6.45) is 1.30. The quantitative estimate of drug-likeness (QED) is 0.414. The minimum absolute atomic E-state index is 0.166. The highest BCUT2D eigenvalue weighted by molar-refractivity contribution is 7.99. The van der Waals surface area contributed by atoms with Gasteiger partial charge in [0.15, 0.2) is 5.13 Å². The lowest BCUT2D eigenvalue weighted by molar-refractivity contribution is -0.131. The molecular formula is C21H21F2N3OS2. The first kappa shape index (κ1) is 20.1. The van der Waals surface area contributed by atoms with E-state index in [1.807, 2.05) is 11.0 Å². The van der Waals surface area contributed by atoms with E-state index in [1.165, 1.54) is 29.5 Å². The Hall–Kier alpha value is -2.19. The van der Waals surface area contributed by atoms with Gasteiger partial charge in [-0.25, -0.2) is 13.8 Å². The summed E-state index contributed by atoms with van der Waals surface area (Å²) in [7, 11) is 0. The molecule has 3 aromatic rings. The smallest absolute Gasteiger partial charge is 0.222 e. The number of thiazole rings is 1. The summed E-state index contributed by atoms with van der Waals surface area (Å²) in [4.78, 5) is 21.9. The van der Waals surface area contributed by atoms with Crippen LogP contribution >= 0.6 is 23.1 Å². The van der Waals surface area contributed by atoms with Crippen molar-refractivity contribution in [3.8, 4) is 0 Å². The van der Waals surface area contributed by atoms with E-state index in [9.17, 15) is 13.6 Å². The van der Waals surface area contributed by atoms with Gasteiger partial charge in [0.2, 0.25) is 5.91 Å². The van der Waals surface area contributed by atoms with Crippen LogP contribution in [0.1, 0.15) is 12.8 Å². The summed E-state index contributed by atoms with van der Waals surface area (Å²) in [5, 5.41) is 0.813. The zero-order chi connectivity index (χ0) is 20.2. The predicted octanol–water partition coefficient (Wildman–Crippen LogP) is 4.80. The van der Waals surface area contributed by atoms with E-state index >= 15 is 0 Å². The molecule has 2 heterocycles. The molecule has 0 bridgehead atoms. The summed E-state index contributed by atoms with van der Waals surface area (Å²) in [6.45, 7) is 2.72. The molecule has 1 saturated heterocycles. The fourth-order valence-electron chi connectivity index (χ4n) is 3.29. The third kappa shape index (κ3) is 4.87. The van der Waals surface area contributed by atoms with E-state index in [0.29, 0.717) is 38.1 Å². The molecule has 0 atom stereocenters. The lowest BCUT2D eigenvalue weighted by atomic mass is 10.2. The van der Waals surface area contributed by atoms with Crippen LogP contribution in [0.25, 0.3) is 10.2 Å². The Balaban J connectivity index is 1.23. The normalized spacial score (nSPS) is 14.6. The zero-order valence-corrected chi connectivity index (χ0v) is 17.4. The fourth-order valence-corrected chi connectivity index (χ4v) is 5.17. The van der Waals surface area contributed by atoms with Crippen LogP contribution in [0.3, 0.4) is 0 Å². The standard InChI is InChI=1S/C21H21F2N3OS2/c22-15-6-8-16(9-7-15)28-14-2-5-19(27)25-10-12-26(13-11-25)21-24-20-17(23)3-1-4-18(20)29-21/h1,3-4,6-9H,2,5,10-14H2. The third-order valence-electron chi connectivity index (χ3n) is 4.88. The van der Waals surface area contributed by atoms with Gasteiger partial charge in [0.05, 0.1) is 4.70 Å². The van der Waals surface area contributed by atoms with Gasteiger partial charge in [0.1, 0.15) is 17.2 Å². The first-order valence-corrected chi connectivity index (χ1v) is 11.4. The number of carbonyl (C=O) groups is 1. The molecule has 1 fully saturated rings. The van der Waals surface area contributed by atoms with Gasteiger partial charge in [0.25, 0.3) is 0 Å². The highest BCUT2D eigenvalue weighted by atomic mass is 32.2. The highest BCUT2D eigenvalue weighted by Gasteiger charge is 2.23. The Bertz CT molecular complexity index is 985. The number of halogens is 2. The minimum atomic E-state index is -0.294. The zero-order valence-electron chi connectivity index (χ0n) is 15.8. The number of anilines is 1. The van der Waals surface area contributed by atoms with Gasteiger partial charge in [-0.1, -0.05) is 17.4 Å². The van der Waals surface area contributed by atoms with E-state index in [1.54, 1.807) is 30.0 Å². The predicted molar refractivity (Wildman–Crippen MR) is 115 cm³/mol. The first-order valence-electron chi connectivity index (χ1n) is 9.56. The van der Waals surface area contributed by atoms with Gasteiger partial charge < -0.3 is 9.80 Å². The minimum Gasteiger partial charge on any atom is -0.345 e.